The number of piperidine rings is 1. The van der Waals surface area contributed by atoms with E-state index in [-0.39, 0.29) is 17.9 Å². The van der Waals surface area contributed by atoms with E-state index in [1.54, 1.807) is 14.2 Å². The molecule has 2 unspecified atom stereocenters. The van der Waals surface area contributed by atoms with Crippen molar-refractivity contribution in [2.24, 2.45) is 5.92 Å². The molecule has 2 atom stereocenters. The van der Waals surface area contributed by atoms with Crippen molar-refractivity contribution in [1.82, 2.24) is 4.90 Å². The van der Waals surface area contributed by atoms with Crippen LogP contribution in [0.1, 0.15) is 30.0 Å². The van der Waals surface area contributed by atoms with Gasteiger partial charge in [0.05, 0.1) is 20.1 Å². The third-order valence-corrected chi connectivity index (χ3v) is 6.10. The summed E-state index contributed by atoms with van der Waals surface area (Å²) in [4.78, 5) is 15.5. The molecule has 1 amide bonds. The Morgan fingerprint density at radius 2 is 1.62 bits per heavy atom. The Hall–Kier alpha value is -3.31. The molecule has 1 saturated heterocycles. The van der Waals surface area contributed by atoms with Crippen LogP contribution in [-0.2, 0) is 11.3 Å². The van der Waals surface area contributed by atoms with Crippen LogP contribution in [0.15, 0.2) is 78.9 Å². The Balaban J connectivity index is 1.52. The molecule has 0 aliphatic carbocycles. The van der Waals surface area contributed by atoms with E-state index in [4.69, 9.17) is 9.47 Å². The molecule has 4 rings (SSSR count). The highest BCUT2D eigenvalue weighted by Crippen LogP contribution is 2.35. The van der Waals surface area contributed by atoms with Gasteiger partial charge < -0.3 is 14.8 Å². The topological polar surface area (TPSA) is 50.8 Å². The highest BCUT2D eigenvalue weighted by molar-refractivity contribution is 5.93. The van der Waals surface area contributed by atoms with Crippen molar-refractivity contribution >= 4 is 11.6 Å². The summed E-state index contributed by atoms with van der Waals surface area (Å²) in [6, 6.07) is 26.5. The highest BCUT2D eigenvalue weighted by atomic mass is 16.5. The number of hydrogen-bond donors (Lipinski definition) is 1. The fraction of sp³-hybridized carbons (Fsp3) is 0.296. The third-order valence-electron chi connectivity index (χ3n) is 6.10. The monoisotopic (exact) mass is 430 g/mol. The standard InChI is InChI=1S/C27H30N2O3/c1-31-24-12-6-8-20(16-24)18-29-19-22(14-15-26(29)21-9-4-3-5-10-21)27(30)28-23-11-7-13-25(17-23)32-2/h3-13,16-17,22,26H,14-15,18-19H2,1-2H3,(H,28,30). The van der Waals surface area contributed by atoms with Crippen molar-refractivity contribution < 1.29 is 14.3 Å². The average molecular weight is 431 g/mol. The van der Waals surface area contributed by atoms with Crippen molar-refractivity contribution in [3.63, 3.8) is 0 Å². The summed E-state index contributed by atoms with van der Waals surface area (Å²) in [6.45, 7) is 1.46. The number of ether oxygens (including phenoxy) is 2. The van der Waals surface area contributed by atoms with E-state index >= 15 is 0 Å². The number of nitrogens with one attached hydrogen (secondary N) is 1. The van der Waals surface area contributed by atoms with Crippen molar-refractivity contribution in [2.45, 2.75) is 25.4 Å². The Labute approximate surface area is 190 Å². The van der Waals surface area contributed by atoms with Crippen LogP contribution in [-0.4, -0.2) is 31.6 Å². The minimum absolute atomic E-state index is 0.0559. The number of hydrogen-bond acceptors (Lipinski definition) is 4. The van der Waals surface area contributed by atoms with E-state index in [0.717, 1.165) is 36.6 Å². The summed E-state index contributed by atoms with van der Waals surface area (Å²) in [5.74, 6) is 1.56. The quantitative estimate of drug-likeness (QED) is 0.553. The van der Waals surface area contributed by atoms with Crippen LogP contribution in [0.2, 0.25) is 0 Å². The van der Waals surface area contributed by atoms with Gasteiger partial charge in [-0.25, -0.2) is 0 Å². The average Bonchev–Trinajstić information content (AvgIpc) is 2.84. The van der Waals surface area contributed by atoms with Crippen LogP contribution in [0.25, 0.3) is 0 Å². The summed E-state index contributed by atoms with van der Waals surface area (Å²) < 4.78 is 10.7. The zero-order chi connectivity index (χ0) is 22.3. The van der Waals surface area contributed by atoms with E-state index in [2.05, 4.69) is 46.6 Å². The predicted octanol–water partition coefficient (Wildman–Crippen LogP) is 5.30. The first-order valence-electron chi connectivity index (χ1n) is 11.0. The first-order chi connectivity index (χ1) is 15.7. The number of carbonyl (C=O) groups is 1. The minimum Gasteiger partial charge on any atom is -0.497 e. The summed E-state index contributed by atoms with van der Waals surface area (Å²) in [7, 11) is 3.31. The first-order valence-corrected chi connectivity index (χ1v) is 11.0. The van der Waals surface area contributed by atoms with Gasteiger partial charge in [-0.15, -0.1) is 0 Å². The molecule has 3 aromatic rings. The number of methoxy groups -OCH3 is 2. The van der Waals surface area contributed by atoms with Gasteiger partial charge in [-0.05, 0) is 48.2 Å². The van der Waals surface area contributed by atoms with Gasteiger partial charge in [-0.2, -0.15) is 0 Å². The van der Waals surface area contributed by atoms with Gasteiger partial charge in [0.25, 0.3) is 0 Å². The fourth-order valence-corrected chi connectivity index (χ4v) is 4.44. The van der Waals surface area contributed by atoms with E-state index in [9.17, 15) is 4.79 Å². The molecule has 32 heavy (non-hydrogen) atoms. The van der Waals surface area contributed by atoms with Gasteiger partial charge in [0.2, 0.25) is 5.91 Å². The second-order valence-electron chi connectivity index (χ2n) is 8.20. The Morgan fingerprint density at radius 3 is 2.38 bits per heavy atom. The minimum atomic E-state index is -0.0771. The molecular formula is C27H30N2O3. The summed E-state index contributed by atoms with van der Waals surface area (Å²) in [5.41, 5.74) is 3.24. The number of benzene rings is 3. The van der Waals surface area contributed by atoms with Crippen LogP contribution < -0.4 is 14.8 Å². The second kappa shape index (κ2) is 10.3. The number of carbonyl (C=O) groups excluding carboxylic acids is 1. The predicted molar refractivity (Wildman–Crippen MR) is 127 cm³/mol. The molecule has 0 radical (unpaired) electrons. The number of anilines is 1. The maximum atomic E-state index is 13.1. The normalized spacial score (nSPS) is 18.7. The van der Waals surface area contributed by atoms with Crippen molar-refractivity contribution in [2.75, 3.05) is 26.1 Å². The molecule has 1 aliphatic rings. The van der Waals surface area contributed by atoms with Crippen LogP contribution in [0.5, 0.6) is 11.5 Å². The van der Waals surface area contributed by atoms with Gasteiger partial charge >= 0.3 is 0 Å². The molecule has 1 heterocycles. The van der Waals surface area contributed by atoms with Gasteiger partial charge in [0, 0.05) is 30.9 Å². The summed E-state index contributed by atoms with van der Waals surface area (Å²) in [5, 5.41) is 3.08. The van der Waals surface area contributed by atoms with Gasteiger partial charge in [0.15, 0.2) is 0 Å². The van der Waals surface area contributed by atoms with E-state index in [1.165, 1.54) is 11.1 Å². The molecule has 5 heteroatoms. The lowest BCUT2D eigenvalue weighted by atomic mass is 9.88. The van der Waals surface area contributed by atoms with Gasteiger partial charge in [0.1, 0.15) is 11.5 Å². The lowest BCUT2D eigenvalue weighted by molar-refractivity contribution is -0.122. The van der Waals surface area contributed by atoms with Crippen molar-refractivity contribution in [1.29, 1.82) is 0 Å². The first kappa shape index (κ1) is 21.9. The molecule has 1 fully saturated rings. The molecule has 1 N–H and O–H groups in total. The lowest BCUT2D eigenvalue weighted by Gasteiger charge is -2.39. The molecule has 166 valence electrons. The third kappa shape index (κ3) is 5.29. The van der Waals surface area contributed by atoms with Crippen LogP contribution in [0, 0.1) is 5.92 Å². The zero-order valence-corrected chi connectivity index (χ0v) is 18.7. The SMILES string of the molecule is COc1cccc(CN2CC(C(=O)Nc3cccc(OC)c3)CCC2c2ccccc2)c1. The van der Waals surface area contributed by atoms with Crippen molar-refractivity contribution in [3.8, 4) is 11.5 Å². The number of rotatable bonds is 7. The molecule has 0 spiro atoms. The Bertz CT molecular complexity index is 1040. The zero-order valence-electron chi connectivity index (χ0n) is 18.7. The molecule has 5 nitrogen and oxygen atoms in total. The van der Waals surface area contributed by atoms with Crippen molar-refractivity contribution in [3.05, 3.63) is 90.0 Å². The molecule has 3 aromatic carbocycles. The maximum absolute atomic E-state index is 13.1. The molecule has 0 saturated carbocycles. The van der Waals surface area contributed by atoms with E-state index in [1.807, 2.05) is 42.5 Å². The highest BCUT2D eigenvalue weighted by Gasteiger charge is 2.33. The van der Waals surface area contributed by atoms with Crippen LogP contribution >= 0.6 is 0 Å². The molecule has 1 aliphatic heterocycles. The Morgan fingerprint density at radius 1 is 0.906 bits per heavy atom. The molecule has 0 aromatic heterocycles. The number of likely N-dealkylation sites (tertiary alicyclic amines) is 1. The van der Waals surface area contributed by atoms with E-state index in [0.29, 0.717) is 6.54 Å². The largest absolute Gasteiger partial charge is 0.497 e. The van der Waals surface area contributed by atoms with Crippen LogP contribution in [0.3, 0.4) is 0 Å². The summed E-state index contributed by atoms with van der Waals surface area (Å²) >= 11 is 0. The smallest absolute Gasteiger partial charge is 0.228 e. The number of amides is 1. The van der Waals surface area contributed by atoms with E-state index < -0.39 is 0 Å². The second-order valence-corrected chi connectivity index (χ2v) is 8.20. The molecule has 0 bridgehead atoms. The lowest BCUT2D eigenvalue weighted by Crippen LogP contribution is -2.42. The maximum Gasteiger partial charge on any atom is 0.228 e. The van der Waals surface area contributed by atoms with Crippen LogP contribution in [0.4, 0.5) is 5.69 Å². The van der Waals surface area contributed by atoms with Gasteiger partial charge in [-0.3, -0.25) is 9.69 Å². The Kier molecular flexibility index (Phi) is 7.07. The fourth-order valence-electron chi connectivity index (χ4n) is 4.44. The number of nitrogens with zero attached hydrogens (tertiary/aromatic N) is 1. The summed E-state index contributed by atoms with van der Waals surface area (Å²) in [6.07, 6.45) is 1.79. The molecular weight excluding hydrogens is 400 g/mol. The van der Waals surface area contributed by atoms with Gasteiger partial charge in [-0.1, -0.05) is 48.5 Å².